The number of carbonyl (C=O) groups is 4. The standard InChI is InChI=1S/C30H56N4O4/c1-8-22(4)29(25(19-23(5)35)24-16-17-24)34(7)27(37)20-32-30(38)28(21(2)3)33(6)26(36)15-13-11-9-10-12-14-18-31/h21-22,24-25,28-29H,8-20,31H2,1-7H3,(H,32,38). The van der Waals surface area contributed by atoms with Gasteiger partial charge in [-0.3, -0.25) is 14.4 Å². The predicted octanol–water partition coefficient (Wildman–Crippen LogP) is 4.15. The van der Waals surface area contributed by atoms with Crippen LogP contribution in [0.3, 0.4) is 0 Å². The molecule has 0 spiro atoms. The van der Waals surface area contributed by atoms with Gasteiger partial charge >= 0.3 is 0 Å². The smallest absolute Gasteiger partial charge is 0.243 e. The lowest BCUT2D eigenvalue weighted by molar-refractivity contribution is -0.142. The molecule has 1 aliphatic carbocycles. The maximum atomic E-state index is 13.2. The first-order valence-corrected chi connectivity index (χ1v) is 14.9. The molecular weight excluding hydrogens is 480 g/mol. The number of carbonyl (C=O) groups excluding carboxylic acids is 4. The zero-order chi connectivity index (χ0) is 28.8. The Morgan fingerprint density at radius 2 is 1.47 bits per heavy atom. The molecule has 1 aliphatic rings. The van der Waals surface area contributed by atoms with Crippen LogP contribution in [0.2, 0.25) is 0 Å². The number of unbranched alkanes of at least 4 members (excludes halogenated alkanes) is 5. The molecule has 0 aromatic rings. The fourth-order valence-electron chi connectivity index (χ4n) is 5.70. The molecule has 3 N–H and O–H groups in total. The van der Waals surface area contributed by atoms with Gasteiger partial charge in [-0.2, -0.15) is 0 Å². The first kappa shape index (κ1) is 34.1. The summed E-state index contributed by atoms with van der Waals surface area (Å²) in [7, 11) is 3.48. The summed E-state index contributed by atoms with van der Waals surface area (Å²) >= 11 is 0. The monoisotopic (exact) mass is 536 g/mol. The number of rotatable bonds is 20. The third-order valence-electron chi connectivity index (χ3n) is 8.23. The molecule has 4 atom stereocenters. The Kier molecular flexibility index (Phi) is 15.8. The molecule has 0 radical (unpaired) electrons. The average Bonchev–Trinajstić information content (AvgIpc) is 3.70. The summed E-state index contributed by atoms with van der Waals surface area (Å²) in [5.41, 5.74) is 5.53. The lowest BCUT2D eigenvalue weighted by atomic mass is 9.80. The third kappa shape index (κ3) is 11.4. The van der Waals surface area contributed by atoms with Crippen LogP contribution in [0.5, 0.6) is 0 Å². The highest BCUT2D eigenvalue weighted by Crippen LogP contribution is 2.43. The van der Waals surface area contributed by atoms with Gasteiger partial charge in [0.05, 0.1) is 6.54 Å². The zero-order valence-electron chi connectivity index (χ0n) is 25.3. The molecule has 0 bridgehead atoms. The van der Waals surface area contributed by atoms with Crippen molar-refractivity contribution in [3.05, 3.63) is 0 Å². The number of Topliss-reactive ketones (excluding diaryl/α,β-unsaturated/α-hetero) is 1. The molecule has 0 saturated heterocycles. The van der Waals surface area contributed by atoms with Crippen molar-refractivity contribution < 1.29 is 19.2 Å². The van der Waals surface area contributed by atoms with Crippen LogP contribution in [0.1, 0.15) is 105 Å². The number of hydrogen-bond donors (Lipinski definition) is 2. The molecule has 8 nitrogen and oxygen atoms in total. The van der Waals surface area contributed by atoms with E-state index in [0.29, 0.717) is 18.8 Å². The van der Waals surface area contributed by atoms with Crippen LogP contribution in [0.25, 0.3) is 0 Å². The molecule has 0 heterocycles. The van der Waals surface area contributed by atoms with Crippen LogP contribution < -0.4 is 11.1 Å². The van der Waals surface area contributed by atoms with Gasteiger partial charge in [-0.05, 0) is 62.8 Å². The van der Waals surface area contributed by atoms with Crippen molar-refractivity contribution in [3.63, 3.8) is 0 Å². The lowest BCUT2D eigenvalue weighted by Gasteiger charge is -2.39. The van der Waals surface area contributed by atoms with Gasteiger partial charge in [-0.25, -0.2) is 0 Å². The van der Waals surface area contributed by atoms with Crippen LogP contribution in [0, 0.1) is 23.7 Å². The van der Waals surface area contributed by atoms with Crippen molar-refractivity contribution in [1.82, 2.24) is 15.1 Å². The molecule has 220 valence electrons. The van der Waals surface area contributed by atoms with Crippen molar-refractivity contribution in [2.24, 2.45) is 29.4 Å². The van der Waals surface area contributed by atoms with Gasteiger partial charge in [0.2, 0.25) is 17.7 Å². The fourth-order valence-corrected chi connectivity index (χ4v) is 5.70. The minimum Gasteiger partial charge on any atom is -0.345 e. The Bertz CT molecular complexity index is 753. The van der Waals surface area contributed by atoms with E-state index in [2.05, 4.69) is 19.2 Å². The number of amides is 3. The maximum Gasteiger partial charge on any atom is 0.243 e. The van der Waals surface area contributed by atoms with E-state index in [0.717, 1.165) is 64.3 Å². The van der Waals surface area contributed by atoms with Crippen LogP contribution >= 0.6 is 0 Å². The molecule has 8 heteroatoms. The minimum atomic E-state index is -0.632. The van der Waals surface area contributed by atoms with Crippen LogP contribution in [0.4, 0.5) is 0 Å². The number of nitrogens with zero attached hydrogens (tertiary/aromatic N) is 2. The first-order valence-electron chi connectivity index (χ1n) is 14.9. The SMILES string of the molecule is CCC(C)C(C(CC(C)=O)C1CC1)N(C)C(=O)CNC(=O)C(C(C)C)N(C)C(=O)CCCCCCCCN. The van der Waals surface area contributed by atoms with Crippen molar-refractivity contribution in [1.29, 1.82) is 0 Å². The molecule has 3 amide bonds. The molecule has 0 aromatic heterocycles. The van der Waals surface area contributed by atoms with Crippen molar-refractivity contribution >= 4 is 23.5 Å². The Labute approximate surface area is 231 Å². The van der Waals surface area contributed by atoms with E-state index in [4.69, 9.17) is 5.73 Å². The van der Waals surface area contributed by atoms with Gasteiger partial charge in [-0.1, -0.05) is 59.8 Å². The van der Waals surface area contributed by atoms with Gasteiger partial charge < -0.3 is 25.6 Å². The number of nitrogens with one attached hydrogen (secondary N) is 1. The highest BCUT2D eigenvalue weighted by molar-refractivity contribution is 5.90. The summed E-state index contributed by atoms with van der Waals surface area (Å²) in [4.78, 5) is 54.5. The van der Waals surface area contributed by atoms with Crippen LogP contribution in [0.15, 0.2) is 0 Å². The second-order valence-electron chi connectivity index (χ2n) is 11.9. The normalized spacial score (nSPS) is 16.4. The summed E-state index contributed by atoms with van der Waals surface area (Å²) in [5, 5.41) is 2.81. The van der Waals surface area contributed by atoms with Crippen LogP contribution in [-0.2, 0) is 19.2 Å². The Morgan fingerprint density at radius 1 is 0.895 bits per heavy atom. The third-order valence-corrected chi connectivity index (χ3v) is 8.23. The van der Waals surface area contributed by atoms with Gasteiger partial charge in [0.1, 0.15) is 11.8 Å². The van der Waals surface area contributed by atoms with E-state index in [1.54, 1.807) is 30.8 Å². The summed E-state index contributed by atoms with van der Waals surface area (Å²) < 4.78 is 0. The molecule has 1 saturated carbocycles. The van der Waals surface area contributed by atoms with Crippen molar-refractivity contribution in [2.45, 2.75) is 117 Å². The molecule has 0 aliphatic heterocycles. The molecular formula is C30H56N4O4. The predicted molar refractivity (Wildman–Crippen MR) is 153 cm³/mol. The number of nitrogens with two attached hydrogens (primary N) is 1. The largest absolute Gasteiger partial charge is 0.345 e. The van der Waals surface area contributed by atoms with Crippen molar-refractivity contribution in [3.8, 4) is 0 Å². The maximum absolute atomic E-state index is 13.2. The topological polar surface area (TPSA) is 113 Å². The van der Waals surface area contributed by atoms with E-state index < -0.39 is 6.04 Å². The van der Waals surface area contributed by atoms with Crippen molar-refractivity contribution in [2.75, 3.05) is 27.2 Å². The zero-order valence-corrected chi connectivity index (χ0v) is 25.3. The molecule has 1 fully saturated rings. The minimum absolute atomic E-state index is 0.0405. The highest BCUT2D eigenvalue weighted by atomic mass is 16.2. The van der Waals surface area contributed by atoms with Gasteiger partial charge in [-0.15, -0.1) is 0 Å². The van der Waals surface area contributed by atoms with E-state index in [1.807, 2.05) is 13.8 Å². The number of ketones is 1. The summed E-state index contributed by atoms with van der Waals surface area (Å²) in [6, 6.07) is -0.672. The second kappa shape index (κ2) is 17.6. The van der Waals surface area contributed by atoms with E-state index in [1.165, 1.54) is 0 Å². The Hall–Kier alpha value is -1.96. The fraction of sp³-hybridized carbons (Fsp3) is 0.867. The summed E-state index contributed by atoms with van der Waals surface area (Å²) in [5.74, 6) is 0.443. The highest BCUT2D eigenvalue weighted by Gasteiger charge is 2.42. The Morgan fingerprint density at radius 3 is 1.97 bits per heavy atom. The molecule has 1 rings (SSSR count). The summed E-state index contributed by atoms with van der Waals surface area (Å²) in [6.07, 6.45) is 10.2. The van der Waals surface area contributed by atoms with Gasteiger partial charge in [0.25, 0.3) is 0 Å². The van der Waals surface area contributed by atoms with Gasteiger partial charge in [0.15, 0.2) is 0 Å². The summed E-state index contributed by atoms with van der Waals surface area (Å²) in [6.45, 7) is 10.3. The van der Waals surface area contributed by atoms with E-state index >= 15 is 0 Å². The van der Waals surface area contributed by atoms with E-state index in [-0.39, 0.29) is 53.8 Å². The Balaban J connectivity index is 2.72. The quantitative estimate of drug-likeness (QED) is 0.227. The molecule has 0 aromatic carbocycles. The number of likely N-dealkylation sites (N-methyl/N-ethyl adjacent to an activating group) is 2. The van der Waals surface area contributed by atoms with Crippen LogP contribution in [-0.4, -0.2) is 72.6 Å². The van der Waals surface area contributed by atoms with Gasteiger partial charge in [0, 0.05) is 33.0 Å². The van der Waals surface area contributed by atoms with E-state index in [9.17, 15) is 19.2 Å². The first-order chi connectivity index (χ1) is 18.0. The number of hydrogen-bond acceptors (Lipinski definition) is 5. The molecule has 4 unspecified atom stereocenters. The lowest BCUT2D eigenvalue weighted by Crippen LogP contribution is -2.54. The average molecular weight is 537 g/mol. The molecule has 38 heavy (non-hydrogen) atoms. The second-order valence-corrected chi connectivity index (χ2v) is 11.9.